The lowest BCUT2D eigenvalue weighted by atomic mass is 9.97. The molecule has 0 heterocycles. The minimum absolute atomic E-state index is 0.636. The molecular weight excluding hydrogens is 228 g/mol. The second kappa shape index (κ2) is 8.31. The van der Waals surface area contributed by atoms with Gasteiger partial charge in [-0.05, 0) is 36.0 Å². The lowest BCUT2D eigenvalue weighted by Gasteiger charge is -2.08. The van der Waals surface area contributed by atoms with Crippen LogP contribution in [0.3, 0.4) is 0 Å². The molecule has 0 spiro atoms. The van der Waals surface area contributed by atoms with E-state index in [9.17, 15) is 0 Å². The van der Waals surface area contributed by atoms with Crippen LogP contribution >= 0.6 is 0 Å². The number of rotatable bonds is 6. The molecule has 1 aromatic rings. The number of hydrogen-bond acceptors (Lipinski definition) is 0. The van der Waals surface area contributed by atoms with Gasteiger partial charge in [-0.3, -0.25) is 0 Å². The molecule has 0 saturated heterocycles. The monoisotopic (exact) mass is 252 g/mol. The topological polar surface area (TPSA) is 0 Å². The number of allylic oxidation sites excluding steroid dienone is 6. The average Bonchev–Trinajstić information content (AvgIpc) is 2.47. The third-order valence-corrected chi connectivity index (χ3v) is 3.30. The second-order valence-corrected chi connectivity index (χ2v) is 4.71. The molecule has 0 radical (unpaired) electrons. The Morgan fingerprint density at radius 3 is 2.47 bits per heavy atom. The first-order valence-corrected chi connectivity index (χ1v) is 6.94. The molecule has 1 atom stereocenters. The summed E-state index contributed by atoms with van der Waals surface area (Å²) in [6.45, 7) is 10.3. The first-order valence-electron chi connectivity index (χ1n) is 6.94. The van der Waals surface area contributed by atoms with Crippen LogP contribution in [-0.2, 0) is 0 Å². The van der Waals surface area contributed by atoms with Crippen LogP contribution in [-0.4, -0.2) is 0 Å². The molecule has 1 unspecified atom stereocenters. The lowest BCUT2D eigenvalue weighted by Crippen LogP contribution is -1.90. The summed E-state index contributed by atoms with van der Waals surface area (Å²) >= 11 is 0. The Balaban J connectivity index is 2.79. The molecule has 0 aliphatic carbocycles. The van der Waals surface area contributed by atoms with E-state index in [2.05, 4.69) is 62.9 Å². The highest BCUT2D eigenvalue weighted by molar-refractivity contribution is 5.55. The van der Waals surface area contributed by atoms with Crippen molar-refractivity contribution in [2.75, 3.05) is 0 Å². The predicted octanol–water partition coefficient (Wildman–Crippen LogP) is 5.90. The first kappa shape index (κ1) is 15.2. The van der Waals surface area contributed by atoms with E-state index in [0.29, 0.717) is 5.92 Å². The second-order valence-electron chi connectivity index (χ2n) is 4.71. The first-order chi connectivity index (χ1) is 9.21. The van der Waals surface area contributed by atoms with Gasteiger partial charge in [-0.15, -0.1) is 0 Å². The summed E-state index contributed by atoms with van der Waals surface area (Å²) in [4.78, 5) is 0. The van der Waals surface area contributed by atoms with Gasteiger partial charge in [0.05, 0.1) is 0 Å². The lowest BCUT2D eigenvalue weighted by molar-refractivity contribution is 0.733. The molecule has 1 rings (SSSR count). The van der Waals surface area contributed by atoms with Crippen molar-refractivity contribution in [2.45, 2.75) is 33.1 Å². The van der Waals surface area contributed by atoms with Crippen LogP contribution in [0.15, 0.2) is 66.8 Å². The largest absolute Gasteiger partial charge is 0.0985 e. The molecular formula is C19H24. The van der Waals surface area contributed by atoms with Crippen LogP contribution < -0.4 is 0 Å². The summed E-state index contributed by atoms with van der Waals surface area (Å²) < 4.78 is 0. The summed E-state index contributed by atoms with van der Waals surface area (Å²) in [5, 5.41) is 0. The van der Waals surface area contributed by atoms with Crippen LogP contribution in [0.25, 0.3) is 6.08 Å². The zero-order chi connectivity index (χ0) is 14.1. The van der Waals surface area contributed by atoms with Crippen molar-refractivity contribution >= 4 is 6.08 Å². The third-order valence-electron chi connectivity index (χ3n) is 3.30. The standard InChI is InChI=1S/C19H24/c1-5-8-9-17(7-3)10-11-18-12-14-19(15-13-18)16(4)6-2/h5,7-16H,3,6H2,1-2,4H3/b8-5-,11-10+,17-9+. The van der Waals surface area contributed by atoms with E-state index in [1.54, 1.807) is 0 Å². The van der Waals surface area contributed by atoms with Gasteiger partial charge in [0.1, 0.15) is 0 Å². The van der Waals surface area contributed by atoms with Gasteiger partial charge in [-0.1, -0.05) is 81.1 Å². The fourth-order valence-corrected chi connectivity index (χ4v) is 1.76. The zero-order valence-electron chi connectivity index (χ0n) is 12.3. The van der Waals surface area contributed by atoms with Crippen molar-refractivity contribution < 1.29 is 0 Å². The molecule has 0 fully saturated rings. The van der Waals surface area contributed by atoms with Gasteiger partial charge in [-0.2, -0.15) is 0 Å². The average molecular weight is 252 g/mol. The van der Waals surface area contributed by atoms with E-state index in [4.69, 9.17) is 0 Å². The van der Waals surface area contributed by atoms with Gasteiger partial charge in [0.25, 0.3) is 0 Å². The van der Waals surface area contributed by atoms with Crippen LogP contribution in [0.5, 0.6) is 0 Å². The van der Waals surface area contributed by atoms with Crippen molar-refractivity contribution in [1.82, 2.24) is 0 Å². The summed E-state index contributed by atoms with van der Waals surface area (Å²) in [7, 11) is 0. The van der Waals surface area contributed by atoms with Gasteiger partial charge in [0.2, 0.25) is 0 Å². The molecule has 0 bridgehead atoms. The van der Waals surface area contributed by atoms with Crippen molar-refractivity contribution in [3.8, 4) is 0 Å². The maximum atomic E-state index is 3.82. The molecule has 0 N–H and O–H groups in total. The minimum atomic E-state index is 0.636. The quantitative estimate of drug-likeness (QED) is 0.553. The van der Waals surface area contributed by atoms with Crippen LogP contribution in [0, 0.1) is 0 Å². The zero-order valence-corrected chi connectivity index (χ0v) is 12.3. The smallest absolute Gasteiger partial charge is 0.0193 e. The van der Waals surface area contributed by atoms with Crippen molar-refractivity contribution in [3.05, 3.63) is 77.9 Å². The Labute approximate surface area is 117 Å². The normalized spacial score (nSPS) is 14.2. The Bertz CT molecular complexity index is 469. The SMILES string of the molecule is C=CC(/C=C/c1ccc(C(C)CC)cc1)=C\C=C/C. The maximum absolute atomic E-state index is 3.82. The van der Waals surface area contributed by atoms with Gasteiger partial charge >= 0.3 is 0 Å². The van der Waals surface area contributed by atoms with Crippen molar-refractivity contribution in [1.29, 1.82) is 0 Å². The molecule has 0 aromatic heterocycles. The minimum Gasteiger partial charge on any atom is -0.0985 e. The van der Waals surface area contributed by atoms with E-state index < -0.39 is 0 Å². The maximum Gasteiger partial charge on any atom is -0.0193 e. The summed E-state index contributed by atoms with van der Waals surface area (Å²) in [6, 6.07) is 8.79. The van der Waals surface area contributed by atoms with Crippen LogP contribution in [0.2, 0.25) is 0 Å². The molecule has 0 aliphatic heterocycles. The highest BCUT2D eigenvalue weighted by Gasteiger charge is 2.01. The van der Waals surface area contributed by atoms with Crippen molar-refractivity contribution in [3.63, 3.8) is 0 Å². The van der Waals surface area contributed by atoms with Crippen LogP contribution in [0.4, 0.5) is 0 Å². The van der Waals surface area contributed by atoms with Gasteiger partial charge in [0, 0.05) is 0 Å². The van der Waals surface area contributed by atoms with E-state index in [1.807, 2.05) is 25.2 Å². The van der Waals surface area contributed by atoms with Crippen molar-refractivity contribution in [2.24, 2.45) is 0 Å². The highest BCUT2D eigenvalue weighted by atomic mass is 14.1. The predicted molar refractivity (Wildman–Crippen MR) is 87.3 cm³/mol. The number of benzene rings is 1. The fraction of sp³-hybridized carbons (Fsp3) is 0.263. The highest BCUT2D eigenvalue weighted by Crippen LogP contribution is 2.19. The van der Waals surface area contributed by atoms with E-state index in [-0.39, 0.29) is 0 Å². The van der Waals surface area contributed by atoms with Crippen LogP contribution in [0.1, 0.15) is 44.2 Å². The van der Waals surface area contributed by atoms with Gasteiger partial charge in [-0.25, -0.2) is 0 Å². The molecule has 0 aliphatic rings. The summed E-state index contributed by atoms with van der Waals surface area (Å²) in [5.41, 5.74) is 3.75. The van der Waals surface area contributed by atoms with E-state index in [0.717, 1.165) is 5.57 Å². The fourth-order valence-electron chi connectivity index (χ4n) is 1.76. The summed E-state index contributed by atoms with van der Waals surface area (Å²) in [6.07, 6.45) is 13.3. The Morgan fingerprint density at radius 2 is 1.95 bits per heavy atom. The molecule has 100 valence electrons. The Morgan fingerprint density at radius 1 is 1.26 bits per heavy atom. The molecule has 0 amide bonds. The third kappa shape index (κ3) is 5.13. The molecule has 0 saturated carbocycles. The number of hydrogen-bond donors (Lipinski definition) is 0. The molecule has 19 heavy (non-hydrogen) atoms. The molecule has 1 aromatic carbocycles. The van der Waals surface area contributed by atoms with E-state index in [1.165, 1.54) is 17.5 Å². The van der Waals surface area contributed by atoms with E-state index >= 15 is 0 Å². The van der Waals surface area contributed by atoms with Gasteiger partial charge in [0.15, 0.2) is 0 Å². The Hall–Kier alpha value is -1.82. The molecule has 0 heteroatoms. The Kier molecular flexibility index (Phi) is 6.67. The van der Waals surface area contributed by atoms with Gasteiger partial charge < -0.3 is 0 Å². The molecule has 0 nitrogen and oxygen atoms in total. The summed E-state index contributed by atoms with van der Waals surface area (Å²) in [5.74, 6) is 0.636.